The van der Waals surface area contributed by atoms with Gasteiger partial charge < -0.3 is 14.6 Å². The van der Waals surface area contributed by atoms with Crippen LogP contribution in [0.1, 0.15) is 17.5 Å². The summed E-state index contributed by atoms with van der Waals surface area (Å²) < 4.78 is 28.5. The number of alkyl halides is 2. The number of halogens is 2. The second-order valence-corrected chi connectivity index (χ2v) is 3.60. The third kappa shape index (κ3) is 4.48. The molecule has 1 aromatic carbocycles. The Morgan fingerprint density at radius 3 is 2.72 bits per heavy atom. The Bertz CT molecular complexity index is 432. The molecular weight excluding hydrogens is 246 g/mol. The second kappa shape index (κ2) is 6.68. The van der Waals surface area contributed by atoms with Crippen LogP contribution in [0.15, 0.2) is 18.2 Å². The van der Waals surface area contributed by atoms with E-state index in [1.807, 2.05) is 0 Å². The van der Waals surface area contributed by atoms with E-state index in [4.69, 9.17) is 5.11 Å². The number of carbonyl (C=O) groups excluding carboxylic acids is 1. The number of carboxylic acids is 1. The van der Waals surface area contributed by atoms with Gasteiger partial charge >= 0.3 is 12.6 Å². The lowest BCUT2D eigenvalue weighted by atomic mass is 10.0. The number of carbonyl (C=O) groups is 2. The standard InChI is InChI=1S/C12H12F2O4/c13-12(14)18-10-4-3-8(2-1-5-15)6-9(10)7-11(16)17/h3-6,12H,1-2,7H2,(H,16,17). The summed E-state index contributed by atoms with van der Waals surface area (Å²) in [6, 6.07) is 4.30. The van der Waals surface area contributed by atoms with Gasteiger partial charge in [-0.1, -0.05) is 12.1 Å². The molecular formula is C12H12F2O4. The molecule has 98 valence electrons. The molecule has 0 amide bonds. The van der Waals surface area contributed by atoms with Crippen molar-refractivity contribution in [3.05, 3.63) is 29.3 Å². The SMILES string of the molecule is O=CCCc1ccc(OC(F)F)c(CC(=O)O)c1. The van der Waals surface area contributed by atoms with E-state index in [1.54, 1.807) is 0 Å². The molecule has 0 heterocycles. The predicted octanol–water partition coefficient (Wildman–Crippen LogP) is 2.05. The third-order valence-corrected chi connectivity index (χ3v) is 2.23. The Morgan fingerprint density at radius 2 is 2.17 bits per heavy atom. The molecule has 0 aliphatic heterocycles. The van der Waals surface area contributed by atoms with Gasteiger partial charge in [0, 0.05) is 12.0 Å². The van der Waals surface area contributed by atoms with Gasteiger partial charge in [0.15, 0.2) is 0 Å². The summed E-state index contributed by atoms with van der Waals surface area (Å²) in [6.07, 6.45) is 1.06. The van der Waals surface area contributed by atoms with Crippen molar-refractivity contribution in [2.45, 2.75) is 25.9 Å². The fourth-order valence-electron chi connectivity index (χ4n) is 1.53. The molecule has 6 heteroatoms. The third-order valence-electron chi connectivity index (χ3n) is 2.23. The van der Waals surface area contributed by atoms with Crippen molar-refractivity contribution in [3.8, 4) is 5.75 Å². The number of ether oxygens (including phenoxy) is 1. The highest BCUT2D eigenvalue weighted by Gasteiger charge is 2.13. The van der Waals surface area contributed by atoms with Crippen LogP contribution in [-0.2, 0) is 22.4 Å². The number of aryl methyl sites for hydroxylation is 1. The van der Waals surface area contributed by atoms with Gasteiger partial charge in [-0.05, 0) is 18.1 Å². The van der Waals surface area contributed by atoms with E-state index in [-0.39, 0.29) is 11.3 Å². The minimum Gasteiger partial charge on any atom is -0.481 e. The maximum atomic E-state index is 12.1. The van der Waals surface area contributed by atoms with Gasteiger partial charge in [-0.2, -0.15) is 8.78 Å². The molecule has 1 aromatic rings. The van der Waals surface area contributed by atoms with Crippen molar-refractivity contribution in [2.24, 2.45) is 0 Å². The highest BCUT2D eigenvalue weighted by Crippen LogP contribution is 2.23. The first-order valence-corrected chi connectivity index (χ1v) is 5.25. The number of hydrogen-bond acceptors (Lipinski definition) is 3. The summed E-state index contributed by atoms with van der Waals surface area (Å²) in [6.45, 7) is -3.00. The first kappa shape index (κ1) is 14.1. The lowest BCUT2D eigenvalue weighted by Crippen LogP contribution is -2.08. The Morgan fingerprint density at radius 1 is 1.44 bits per heavy atom. The van der Waals surface area contributed by atoms with Crippen molar-refractivity contribution in [2.75, 3.05) is 0 Å². The molecule has 1 N–H and O–H groups in total. The Hall–Kier alpha value is -1.98. The molecule has 0 saturated carbocycles. The number of rotatable bonds is 7. The van der Waals surface area contributed by atoms with Gasteiger partial charge in [0.05, 0.1) is 6.42 Å². The minimum atomic E-state index is -3.00. The van der Waals surface area contributed by atoms with Crippen LogP contribution in [0.25, 0.3) is 0 Å². The smallest absolute Gasteiger partial charge is 0.387 e. The van der Waals surface area contributed by atoms with E-state index in [0.717, 1.165) is 6.29 Å². The van der Waals surface area contributed by atoms with Crippen LogP contribution in [0.3, 0.4) is 0 Å². The largest absolute Gasteiger partial charge is 0.481 e. The van der Waals surface area contributed by atoms with Crippen molar-refractivity contribution in [1.29, 1.82) is 0 Å². The van der Waals surface area contributed by atoms with E-state index >= 15 is 0 Å². The lowest BCUT2D eigenvalue weighted by Gasteiger charge is -2.11. The average Bonchev–Trinajstić information content (AvgIpc) is 2.28. The Balaban J connectivity index is 2.95. The monoisotopic (exact) mass is 258 g/mol. The molecule has 18 heavy (non-hydrogen) atoms. The van der Waals surface area contributed by atoms with E-state index in [9.17, 15) is 18.4 Å². The van der Waals surface area contributed by atoms with Crippen molar-refractivity contribution < 1.29 is 28.2 Å². The van der Waals surface area contributed by atoms with Gasteiger partial charge in [-0.3, -0.25) is 4.79 Å². The molecule has 0 atom stereocenters. The van der Waals surface area contributed by atoms with E-state index in [0.29, 0.717) is 18.4 Å². The zero-order valence-corrected chi connectivity index (χ0v) is 9.44. The number of carboxylic acid groups (broad SMARTS) is 1. The van der Waals surface area contributed by atoms with E-state index in [2.05, 4.69) is 4.74 Å². The van der Waals surface area contributed by atoms with Crippen LogP contribution in [-0.4, -0.2) is 24.0 Å². The van der Waals surface area contributed by atoms with E-state index in [1.165, 1.54) is 18.2 Å². The van der Waals surface area contributed by atoms with Gasteiger partial charge in [-0.15, -0.1) is 0 Å². The number of hydrogen-bond donors (Lipinski definition) is 1. The van der Waals surface area contributed by atoms with Gasteiger partial charge in [0.25, 0.3) is 0 Å². The minimum absolute atomic E-state index is 0.151. The van der Waals surface area contributed by atoms with Crippen molar-refractivity contribution in [3.63, 3.8) is 0 Å². The highest BCUT2D eigenvalue weighted by atomic mass is 19.3. The number of aldehydes is 1. The average molecular weight is 258 g/mol. The topological polar surface area (TPSA) is 63.6 Å². The molecule has 0 spiro atoms. The normalized spacial score (nSPS) is 10.4. The molecule has 0 fully saturated rings. The summed E-state index contributed by atoms with van der Waals surface area (Å²) in [7, 11) is 0. The summed E-state index contributed by atoms with van der Waals surface area (Å²) >= 11 is 0. The van der Waals surface area contributed by atoms with E-state index < -0.39 is 19.0 Å². The van der Waals surface area contributed by atoms with Crippen LogP contribution in [0.4, 0.5) is 8.78 Å². The summed E-state index contributed by atoms with van der Waals surface area (Å²) in [5.41, 5.74) is 0.881. The molecule has 1 rings (SSSR count). The van der Waals surface area contributed by atoms with Gasteiger partial charge in [0.1, 0.15) is 12.0 Å². The molecule has 0 aromatic heterocycles. The molecule has 4 nitrogen and oxygen atoms in total. The fraction of sp³-hybridized carbons (Fsp3) is 0.333. The summed E-state index contributed by atoms with van der Waals surface area (Å²) in [5.74, 6) is -1.29. The molecule has 0 aliphatic carbocycles. The second-order valence-electron chi connectivity index (χ2n) is 3.60. The summed E-state index contributed by atoms with van der Waals surface area (Å²) in [4.78, 5) is 20.9. The van der Waals surface area contributed by atoms with Gasteiger partial charge in [0.2, 0.25) is 0 Å². The zero-order chi connectivity index (χ0) is 13.5. The van der Waals surface area contributed by atoms with Gasteiger partial charge in [-0.25, -0.2) is 0 Å². The Labute approximate surface area is 102 Å². The quantitative estimate of drug-likeness (QED) is 0.760. The maximum Gasteiger partial charge on any atom is 0.387 e. The highest BCUT2D eigenvalue weighted by molar-refractivity contribution is 5.71. The number of aliphatic carboxylic acids is 1. The van der Waals surface area contributed by atoms with Crippen LogP contribution >= 0.6 is 0 Å². The van der Waals surface area contributed by atoms with Crippen molar-refractivity contribution >= 4 is 12.3 Å². The molecule has 0 radical (unpaired) electrons. The van der Waals surface area contributed by atoms with Crippen molar-refractivity contribution in [1.82, 2.24) is 0 Å². The Kier molecular flexibility index (Phi) is 5.23. The maximum absolute atomic E-state index is 12.1. The zero-order valence-electron chi connectivity index (χ0n) is 9.44. The lowest BCUT2D eigenvalue weighted by molar-refractivity contribution is -0.136. The molecule has 0 saturated heterocycles. The first-order chi connectivity index (χ1) is 8.52. The van der Waals surface area contributed by atoms with Crippen LogP contribution < -0.4 is 4.74 Å². The first-order valence-electron chi connectivity index (χ1n) is 5.25. The fourth-order valence-corrected chi connectivity index (χ4v) is 1.53. The summed E-state index contributed by atoms with van der Waals surface area (Å²) in [5, 5.41) is 8.69. The molecule has 0 unspecified atom stereocenters. The molecule has 0 bridgehead atoms. The van der Waals surface area contributed by atoms with Crippen LogP contribution in [0, 0.1) is 0 Å². The van der Waals surface area contributed by atoms with Crippen LogP contribution in [0.2, 0.25) is 0 Å². The van der Waals surface area contributed by atoms with Crippen LogP contribution in [0.5, 0.6) is 5.75 Å². The predicted molar refractivity (Wildman–Crippen MR) is 58.8 cm³/mol. The number of benzene rings is 1. The molecule has 0 aliphatic rings.